The first kappa shape index (κ1) is 11.6. The van der Waals surface area contributed by atoms with Crippen LogP contribution in [0.4, 0.5) is 26.3 Å². The number of hydrogen-bond acceptors (Lipinski definition) is 0. The SMILES string of the molecule is FC(F)(F)C1(C(F)(F)F)CC1(Br)Br. The zero-order valence-electron chi connectivity index (χ0n) is 5.73. The standard InChI is InChI=1S/C5H2Br2F6/c6-3(7)1-2(3,4(8,9)10)5(11,12)13/h1H2. The predicted octanol–water partition coefficient (Wildman–Crippen LogP) is 3.99. The summed E-state index contributed by atoms with van der Waals surface area (Å²) < 4.78 is 70.6. The van der Waals surface area contributed by atoms with Crippen LogP contribution >= 0.6 is 31.9 Å². The monoisotopic (exact) mass is 334 g/mol. The Labute approximate surface area is 85.9 Å². The molecule has 0 aromatic carbocycles. The van der Waals surface area contributed by atoms with Crippen LogP contribution in [0.2, 0.25) is 0 Å². The van der Waals surface area contributed by atoms with Gasteiger partial charge in [0.25, 0.3) is 0 Å². The minimum Gasteiger partial charge on any atom is -0.170 e. The Bertz CT molecular complexity index is 212. The normalized spacial score (nSPS) is 25.8. The average Bonchev–Trinajstić information content (AvgIpc) is 2.30. The highest BCUT2D eigenvalue weighted by molar-refractivity contribution is 9.25. The molecule has 0 saturated heterocycles. The van der Waals surface area contributed by atoms with Crippen molar-refractivity contribution in [3.8, 4) is 0 Å². The fourth-order valence-corrected chi connectivity index (χ4v) is 2.81. The van der Waals surface area contributed by atoms with Gasteiger partial charge < -0.3 is 0 Å². The van der Waals surface area contributed by atoms with Crippen LogP contribution in [0.25, 0.3) is 0 Å². The Kier molecular flexibility index (Phi) is 2.29. The van der Waals surface area contributed by atoms with Gasteiger partial charge in [-0.1, -0.05) is 31.9 Å². The van der Waals surface area contributed by atoms with Gasteiger partial charge in [0, 0.05) is 0 Å². The summed E-state index contributed by atoms with van der Waals surface area (Å²) in [6.07, 6.45) is -11.6. The van der Waals surface area contributed by atoms with Gasteiger partial charge in [0.15, 0.2) is 5.41 Å². The summed E-state index contributed by atoms with van der Waals surface area (Å²) in [6.45, 7) is 0. The van der Waals surface area contributed by atoms with Gasteiger partial charge >= 0.3 is 12.4 Å². The molecular weight excluding hydrogens is 334 g/mol. The zero-order valence-corrected chi connectivity index (χ0v) is 8.90. The molecular formula is C5H2Br2F6. The third-order valence-electron chi connectivity index (χ3n) is 1.95. The fraction of sp³-hybridized carbons (Fsp3) is 1.00. The van der Waals surface area contributed by atoms with E-state index in [-0.39, 0.29) is 0 Å². The quantitative estimate of drug-likeness (QED) is 0.464. The van der Waals surface area contributed by atoms with Crippen molar-refractivity contribution in [2.45, 2.75) is 22.0 Å². The second-order valence-electron chi connectivity index (χ2n) is 2.78. The van der Waals surface area contributed by atoms with Crippen molar-refractivity contribution in [3.63, 3.8) is 0 Å². The summed E-state index contributed by atoms with van der Waals surface area (Å²) in [5.74, 6) is 0. The molecule has 1 rings (SSSR count). The molecule has 0 nitrogen and oxygen atoms in total. The molecule has 1 aliphatic rings. The van der Waals surface area contributed by atoms with Gasteiger partial charge in [-0.3, -0.25) is 0 Å². The first-order chi connectivity index (χ1) is 5.46. The molecule has 0 spiro atoms. The van der Waals surface area contributed by atoms with Crippen molar-refractivity contribution in [3.05, 3.63) is 0 Å². The molecule has 1 saturated carbocycles. The van der Waals surface area contributed by atoms with E-state index in [0.717, 1.165) is 0 Å². The van der Waals surface area contributed by atoms with E-state index in [1.807, 2.05) is 0 Å². The summed E-state index contributed by atoms with van der Waals surface area (Å²) in [4.78, 5) is 0. The lowest BCUT2D eigenvalue weighted by Crippen LogP contribution is -2.42. The van der Waals surface area contributed by atoms with Gasteiger partial charge in [0.2, 0.25) is 0 Å². The second-order valence-corrected chi connectivity index (χ2v) is 6.55. The van der Waals surface area contributed by atoms with Crippen LogP contribution in [-0.4, -0.2) is 15.6 Å². The van der Waals surface area contributed by atoms with E-state index in [4.69, 9.17) is 0 Å². The highest BCUT2D eigenvalue weighted by Crippen LogP contribution is 2.78. The molecule has 0 N–H and O–H groups in total. The van der Waals surface area contributed by atoms with E-state index in [2.05, 4.69) is 31.9 Å². The molecule has 0 aromatic heterocycles. The molecule has 0 aliphatic heterocycles. The van der Waals surface area contributed by atoms with Crippen LogP contribution in [0.3, 0.4) is 0 Å². The van der Waals surface area contributed by atoms with Crippen molar-refractivity contribution < 1.29 is 26.3 Å². The third-order valence-corrected chi connectivity index (χ3v) is 3.87. The molecule has 13 heavy (non-hydrogen) atoms. The van der Waals surface area contributed by atoms with E-state index in [1.54, 1.807) is 0 Å². The lowest BCUT2D eigenvalue weighted by Gasteiger charge is -2.24. The zero-order chi connectivity index (χ0) is 10.7. The predicted molar refractivity (Wildman–Crippen MR) is 39.7 cm³/mol. The first-order valence-corrected chi connectivity index (χ1v) is 4.55. The highest BCUT2D eigenvalue weighted by Gasteiger charge is 2.90. The van der Waals surface area contributed by atoms with E-state index in [9.17, 15) is 26.3 Å². The highest BCUT2D eigenvalue weighted by atomic mass is 79.9. The van der Waals surface area contributed by atoms with Crippen LogP contribution in [0.1, 0.15) is 6.42 Å². The largest absolute Gasteiger partial charge is 0.405 e. The first-order valence-electron chi connectivity index (χ1n) is 2.97. The number of halogens is 8. The Balaban J connectivity index is 3.10. The van der Waals surface area contributed by atoms with Crippen molar-refractivity contribution in [1.82, 2.24) is 0 Å². The second kappa shape index (κ2) is 2.56. The summed E-state index contributed by atoms with van der Waals surface area (Å²) in [5, 5.41) is 0. The Hall–Kier alpha value is 0.540. The van der Waals surface area contributed by atoms with Gasteiger partial charge in [-0.2, -0.15) is 26.3 Å². The maximum absolute atomic E-state index is 12.1. The van der Waals surface area contributed by atoms with Crippen LogP contribution in [0, 0.1) is 5.41 Å². The molecule has 0 heterocycles. The Morgan fingerprint density at radius 3 is 1.08 bits per heavy atom. The topological polar surface area (TPSA) is 0 Å². The van der Waals surface area contributed by atoms with Crippen molar-refractivity contribution in [1.29, 1.82) is 0 Å². The summed E-state index contributed by atoms with van der Waals surface area (Å²) in [6, 6.07) is 0. The van der Waals surface area contributed by atoms with E-state index in [1.165, 1.54) is 0 Å². The molecule has 0 atom stereocenters. The maximum atomic E-state index is 12.1. The Morgan fingerprint density at radius 1 is 0.846 bits per heavy atom. The van der Waals surface area contributed by atoms with Crippen LogP contribution in [0.5, 0.6) is 0 Å². The smallest absolute Gasteiger partial charge is 0.170 e. The lowest BCUT2D eigenvalue weighted by atomic mass is 10.1. The van der Waals surface area contributed by atoms with Crippen molar-refractivity contribution in [2.75, 3.05) is 0 Å². The van der Waals surface area contributed by atoms with Gasteiger partial charge in [-0.25, -0.2) is 0 Å². The number of rotatable bonds is 0. The van der Waals surface area contributed by atoms with Crippen molar-refractivity contribution >= 4 is 31.9 Å². The van der Waals surface area contributed by atoms with Gasteiger partial charge in [0.1, 0.15) is 3.23 Å². The molecule has 0 aromatic rings. The van der Waals surface area contributed by atoms with Gasteiger partial charge in [-0.05, 0) is 6.42 Å². The van der Waals surface area contributed by atoms with Gasteiger partial charge in [0.05, 0.1) is 0 Å². The van der Waals surface area contributed by atoms with Gasteiger partial charge in [-0.15, -0.1) is 0 Å². The summed E-state index contributed by atoms with van der Waals surface area (Å²) in [5.41, 5.74) is -3.65. The van der Waals surface area contributed by atoms with E-state index in [0.29, 0.717) is 0 Å². The van der Waals surface area contributed by atoms with Crippen LogP contribution in [-0.2, 0) is 0 Å². The Morgan fingerprint density at radius 2 is 1.08 bits per heavy atom. The van der Waals surface area contributed by atoms with E-state index >= 15 is 0 Å². The van der Waals surface area contributed by atoms with Crippen molar-refractivity contribution in [2.24, 2.45) is 5.41 Å². The third kappa shape index (κ3) is 1.40. The summed E-state index contributed by atoms with van der Waals surface area (Å²) in [7, 11) is 0. The maximum Gasteiger partial charge on any atom is 0.405 e. The molecule has 0 radical (unpaired) electrons. The molecule has 78 valence electrons. The number of hydrogen-bond donors (Lipinski definition) is 0. The molecule has 0 amide bonds. The molecule has 8 heteroatoms. The number of alkyl halides is 8. The lowest BCUT2D eigenvalue weighted by molar-refractivity contribution is -0.299. The van der Waals surface area contributed by atoms with Crippen LogP contribution in [0.15, 0.2) is 0 Å². The summed E-state index contributed by atoms with van der Waals surface area (Å²) >= 11 is 4.72. The molecule has 1 fully saturated rings. The average molecular weight is 336 g/mol. The minimum atomic E-state index is -5.29. The molecule has 0 unspecified atom stereocenters. The minimum absolute atomic E-state index is 1.03. The molecule has 0 bridgehead atoms. The molecule has 1 aliphatic carbocycles. The van der Waals surface area contributed by atoms with Crippen LogP contribution < -0.4 is 0 Å². The fourth-order valence-electron chi connectivity index (χ4n) is 1.06. The van der Waals surface area contributed by atoms with E-state index < -0.39 is 27.4 Å².